The molecule has 31 heavy (non-hydrogen) atoms. The Morgan fingerprint density at radius 3 is 2.71 bits per heavy atom. The summed E-state index contributed by atoms with van der Waals surface area (Å²) in [5.41, 5.74) is 8.27. The maximum atomic E-state index is 12.8. The summed E-state index contributed by atoms with van der Waals surface area (Å²) in [5, 5.41) is 9.46. The molecule has 1 aromatic heterocycles. The first-order valence-electron chi connectivity index (χ1n) is 10.7. The van der Waals surface area contributed by atoms with Crippen molar-refractivity contribution < 1.29 is 9.59 Å². The van der Waals surface area contributed by atoms with Gasteiger partial charge in [0, 0.05) is 24.1 Å². The average molecular weight is 415 g/mol. The van der Waals surface area contributed by atoms with E-state index < -0.39 is 0 Å². The van der Waals surface area contributed by atoms with Crippen LogP contribution in [0.1, 0.15) is 30.9 Å². The van der Waals surface area contributed by atoms with E-state index in [1.165, 1.54) is 17.5 Å². The fourth-order valence-electron chi connectivity index (χ4n) is 4.34. The Kier molecular flexibility index (Phi) is 5.03. The zero-order valence-electron chi connectivity index (χ0n) is 17.5. The van der Waals surface area contributed by atoms with Gasteiger partial charge in [-0.1, -0.05) is 30.3 Å². The average Bonchev–Trinajstić information content (AvgIpc) is 3.47. The van der Waals surface area contributed by atoms with E-state index in [0.29, 0.717) is 12.2 Å². The molecule has 1 aliphatic heterocycles. The van der Waals surface area contributed by atoms with Gasteiger partial charge in [0.15, 0.2) is 0 Å². The highest BCUT2D eigenvalue weighted by atomic mass is 16.2. The summed E-state index contributed by atoms with van der Waals surface area (Å²) in [6, 6.07) is 18.2. The van der Waals surface area contributed by atoms with Crippen LogP contribution in [-0.4, -0.2) is 39.2 Å². The second kappa shape index (κ2) is 8.00. The molecular weight excluding hydrogens is 390 g/mol. The van der Waals surface area contributed by atoms with Gasteiger partial charge in [0.2, 0.25) is 11.8 Å². The number of para-hydroxylation sites is 1. The van der Waals surface area contributed by atoms with Crippen molar-refractivity contribution in [1.29, 1.82) is 0 Å². The SMILES string of the molecule is CC1CC(=O)NN1CC(=O)Nc1cc(-c2ccc3c(c2)CCC3)nn1-c1ccccc1. The number of aromatic nitrogens is 2. The molecule has 1 aliphatic carbocycles. The zero-order chi connectivity index (χ0) is 21.4. The van der Waals surface area contributed by atoms with Crippen molar-refractivity contribution >= 4 is 17.6 Å². The van der Waals surface area contributed by atoms with E-state index in [1.54, 1.807) is 9.69 Å². The summed E-state index contributed by atoms with van der Waals surface area (Å²) in [6.45, 7) is 2.01. The number of hydrogen-bond acceptors (Lipinski definition) is 4. The standard InChI is InChI=1S/C24H25N5O2/c1-16-12-23(30)27-28(16)15-24(31)25-22-14-21(26-29(22)20-8-3-2-4-9-20)19-11-10-17-6-5-7-18(17)13-19/h2-4,8-11,13-14,16H,5-7,12,15H2,1H3,(H,25,31)(H,27,30). The number of hydrazine groups is 1. The Balaban J connectivity index is 1.44. The van der Waals surface area contributed by atoms with Crippen LogP contribution in [0.5, 0.6) is 0 Å². The molecule has 0 spiro atoms. The Labute approximate surface area is 181 Å². The number of nitrogens with zero attached hydrogens (tertiary/aromatic N) is 3. The maximum Gasteiger partial charge on any atom is 0.241 e. The van der Waals surface area contributed by atoms with Crippen LogP contribution in [-0.2, 0) is 22.4 Å². The second-order valence-corrected chi connectivity index (χ2v) is 8.26. The molecule has 2 aliphatic rings. The zero-order valence-corrected chi connectivity index (χ0v) is 17.5. The third kappa shape index (κ3) is 3.96. The molecule has 2 amide bonds. The van der Waals surface area contributed by atoms with E-state index >= 15 is 0 Å². The van der Waals surface area contributed by atoms with Crippen molar-refractivity contribution in [2.75, 3.05) is 11.9 Å². The van der Waals surface area contributed by atoms with Gasteiger partial charge in [0.1, 0.15) is 5.82 Å². The number of anilines is 1. The third-order valence-corrected chi connectivity index (χ3v) is 5.97. The van der Waals surface area contributed by atoms with E-state index in [-0.39, 0.29) is 24.4 Å². The van der Waals surface area contributed by atoms with Crippen LogP contribution in [0.25, 0.3) is 16.9 Å². The lowest BCUT2D eigenvalue weighted by Gasteiger charge is -2.19. The monoisotopic (exact) mass is 415 g/mol. The molecule has 3 aromatic rings. The molecule has 7 heteroatoms. The minimum Gasteiger partial charge on any atom is -0.309 e. The number of benzene rings is 2. The van der Waals surface area contributed by atoms with Gasteiger partial charge in [-0.25, -0.2) is 9.69 Å². The van der Waals surface area contributed by atoms with Crippen molar-refractivity contribution in [1.82, 2.24) is 20.2 Å². The van der Waals surface area contributed by atoms with E-state index in [2.05, 4.69) is 28.9 Å². The molecule has 0 radical (unpaired) electrons. The highest BCUT2D eigenvalue weighted by Gasteiger charge is 2.28. The van der Waals surface area contributed by atoms with Crippen molar-refractivity contribution in [2.45, 2.75) is 38.6 Å². The number of aryl methyl sites for hydroxylation is 2. The quantitative estimate of drug-likeness (QED) is 0.671. The number of carbonyl (C=O) groups is 2. The fraction of sp³-hybridized carbons (Fsp3) is 0.292. The number of fused-ring (bicyclic) bond motifs is 1. The summed E-state index contributed by atoms with van der Waals surface area (Å²) in [6.07, 6.45) is 3.84. The molecule has 158 valence electrons. The summed E-state index contributed by atoms with van der Waals surface area (Å²) in [7, 11) is 0. The van der Waals surface area contributed by atoms with Gasteiger partial charge in [-0.3, -0.25) is 15.0 Å². The van der Waals surface area contributed by atoms with Crippen LogP contribution in [0.15, 0.2) is 54.6 Å². The van der Waals surface area contributed by atoms with Crippen LogP contribution in [0.4, 0.5) is 5.82 Å². The summed E-state index contributed by atoms with van der Waals surface area (Å²) < 4.78 is 1.76. The minimum atomic E-state index is -0.202. The highest BCUT2D eigenvalue weighted by molar-refractivity contribution is 5.93. The van der Waals surface area contributed by atoms with Crippen LogP contribution < -0.4 is 10.7 Å². The normalized spacial score (nSPS) is 18.1. The molecule has 2 heterocycles. The van der Waals surface area contributed by atoms with Gasteiger partial charge < -0.3 is 5.32 Å². The first-order chi connectivity index (χ1) is 15.1. The Morgan fingerprint density at radius 1 is 1.13 bits per heavy atom. The van der Waals surface area contributed by atoms with Crippen molar-refractivity contribution in [3.63, 3.8) is 0 Å². The van der Waals surface area contributed by atoms with Gasteiger partial charge >= 0.3 is 0 Å². The summed E-state index contributed by atoms with van der Waals surface area (Å²) in [4.78, 5) is 24.3. The lowest BCUT2D eigenvalue weighted by molar-refractivity contribution is -0.122. The van der Waals surface area contributed by atoms with Gasteiger partial charge in [-0.2, -0.15) is 5.10 Å². The van der Waals surface area contributed by atoms with Gasteiger partial charge in [-0.15, -0.1) is 0 Å². The topological polar surface area (TPSA) is 79.3 Å². The summed E-state index contributed by atoms with van der Waals surface area (Å²) >= 11 is 0. The lowest BCUT2D eigenvalue weighted by Crippen LogP contribution is -2.42. The maximum absolute atomic E-state index is 12.8. The Morgan fingerprint density at radius 2 is 1.94 bits per heavy atom. The minimum absolute atomic E-state index is 0.0146. The number of hydrogen-bond donors (Lipinski definition) is 2. The highest BCUT2D eigenvalue weighted by Crippen LogP contribution is 2.30. The molecule has 1 fully saturated rings. The predicted octanol–water partition coefficient (Wildman–Crippen LogP) is 3.09. The largest absolute Gasteiger partial charge is 0.309 e. The molecule has 1 unspecified atom stereocenters. The Bertz CT molecular complexity index is 1140. The third-order valence-electron chi connectivity index (χ3n) is 5.97. The molecule has 7 nitrogen and oxygen atoms in total. The number of carbonyl (C=O) groups excluding carboxylic acids is 2. The second-order valence-electron chi connectivity index (χ2n) is 8.26. The molecule has 2 aromatic carbocycles. The van der Waals surface area contributed by atoms with Crippen LogP contribution in [0.2, 0.25) is 0 Å². The molecule has 0 bridgehead atoms. The number of amides is 2. The Hall–Kier alpha value is -3.45. The molecule has 1 saturated heterocycles. The van der Waals surface area contributed by atoms with E-state index in [9.17, 15) is 9.59 Å². The van der Waals surface area contributed by atoms with Crippen molar-refractivity contribution in [2.24, 2.45) is 0 Å². The molecular formula is C24H25N5O2. The molecule has 5 rings (SSSR count). The van der Waals surface area contributed by atoms with Gasteiger partial charge in [-0.05, 0) is 55.5 Å². The van der Waals surface area contributed by atoms with E-state index in [4.69, 9.17) is 5.10 Å². The van der Waals surface area contributed by atoms with Crippen LogP contribution in [0, 0.1) is 0 Å². The number of nitrogens with one attached hydrogen (secondary N) is 2. The summed E-state index contributed by atoms with van der Waals surface area (Å²) in [5.74, 6) is 0.338. The first kappa shape index (κ1) is 19.5. The first-order valence-corrected chi connectivity index (χ1v) is 10.7. The fourth-order valence-corrected chi connectivity index (χ4v) is 4.34. The van der Waals surface area contributed by atoms with Gasteiger partial charge in [0.05, 0.1) is 17.9 Å². The molecule has 1 atom stereocenters. The number of rotatable bonds is 5. The van der Waals surface area contributed by atoms with E-state index in [1.807, 2.05) is 43.3 Å². The predicted molar refractivity (Wildman–Crippen MR) is 119 cm³/mol. The van der Waals surface area contributed by atoms with Crippen LogP contribution >= 0.6 is 0 Å². The van der Waals surface area contributed by atoms with Crippen LogP contribution in [0.3, 0.4) is 0 Å². The smallest absolute Gasteiger partial charge is 0.241 e. The van der Waals surface area contributed by atoms with Crippen molar-refractivity contribution in [3.05, 3.63) is 65.7 Å². The van der Waals surface area contributed by atoms with E-state index in [0.717, 1.165) is 29.8 Å². The van der Waals surface area contributed by atoms with Gasteiger partial charge in [0.25, 0.3) is 0 Å². The molecule has 2 N–H and O–H groups in total. The lowest BCUT2D eigenvalue weighted by atomic mass is 10.0. The molecule has 0 saturated carbocycles. The van der Waals surface area contributed by atoms with Crippen molar-refractivity contribution in [3.8, 4) is 16.9 Å².